The third-order valence-electron chi connectivity index (χ3n) is 26.9. The fourth-order valence-electron chi connectivity index (χ4n) is 25.7. The van der Waals surface area contributed by atoms with Gasteiger partial charge in [0.25, 0.3) is 0 Å². The second-order valence-electron chi connectivity index (χ2n) is 32.1. The number of rotatable bonds is 10. The molecular weight excluding hydrogens is 1020 g/mol. The fourth-order valence-corrected chi connectivity index (χ4v) is 25.7. The number of phenols is 2. The zero-order valence-electron chi connectivity index (χ0n) is 48.7. The van der Waals surface area contributed by atoms with Crippen LogP contribution in [0.1, 0.15) is 199 Å². The minimum Gasteiger partial charge on any atom is -0.506 e. The fraction of sp³-hybridized carbons (Fsp3) is 0.532. The average Bonchev–Trinajstić information content (AvgIpc) is 1.67. The molecule has 0 unspecified atom stereocenters. The molecule has 17 aliphatic rings. The molecule has 6 aromatic rings. The molecule has 83 heavy (non-hydrogen) atoms. The van der Waals surface area contributed by atoms with Crippen LogP contribution in [0.5, 0.6) is 34.5 Å². The molecule has 0 spiro atoms. The molecule has 0 radical (unpaired) electrons. The number of benzene rings is 6. The highest BCUT2D eigenvalue weighted by Crippen LogP contribution is 2.71. The summed E-state index contributed by atoms with van der Waals surface area (Å²) in [4.78, 5) is 0. The van der Waals surface area contributed by atoms with Crippen LogP contribution in [0.2, 0.25) is 0 Å². The van der Waals surface area contributed by atoms with Crippen LogP contribution in [0, 0.1) is 71.0 Å². The number of nitrogen functional groups attached to an aromatic ring is 2. The van der Waals surface area contributed by atoms with E-state index in [4.69, 9.17) is 20.9 Å². The van der Waals surface area contributed by atoms with E-state index in [2.05, 4.69) is 72.8 Å². The Bertz CT molecular complexity index is 3300. The summed E-state index contributed by atoms with van der Waals surface area (Å²) in [5, 5.41) is 21.4. The van der Waals surface area contributed by atoms with Gasteiger partial charge in [-0.3, -0.25) is 0 Å². The van der Waals surface area contributed by atoms with Crippen LogP contribution in [0.25, 0.3) is 11.1 Å². The van der Waals surface area contributed by atoms with Crippen LogP contribution in [0.15, 0.2) is 109 Å². The van der Waals surface area contributed by atoms with Crippen LogP contribution >= 0.6 is 0 Å². The van der Waals surface area contributed by atoms with Crippen LogP contribution in [-0.4, -0.2) is 10.2 Å². The third-order valence-corrected chi connectivity index (χ3v) is 26.9. The van der Waals surface area contributed by atoms with Crippen LogP contribution < -0.4 is 20.9 Å². The van der Waals surface area contributed by atoms with E-state index in [9.17, 15) is 10.2 Å². The Labute approximate surface area is 491 Å². The first-order chi connectivity index (χ1) is 40.3. The van der Waals surface area contributed by atoms with Crippen molar-refractivity contribution in [1.82, 2.24) is 0 Å². The van der Waals surface area contributed by atoms with E-state index in [0.717, 1.165) is 82.5 Å². The summed E-state index contributed by atoms with van der Waals surface area (Å²) in [7, 11) is 0. The first-order valence-corrected chi connectivity index (χ1v) is 33.5. The van der Waals surface area contributed by atoms with Crippen LogP contribution in [0.4, 0.5) is 11.4 Å². The van der Waals surface area contributed by atoms with Gasteiger partial charge in [-0.2, -0.15) is 0 Å². The van der Waals surface area contributed by atoms with E-state index in [0.29, 0.717) is 22.9 Å². The van der Waals surface area contributed by atoms with Crippen molar-refractivity contribution < 1.29 is 19.7 Å². The van der Waals surface area contributed by atoms with E-state index in [1.165, 1.54) is 187 Å². The first kappa shape index (κ1) is 49.4. The van der Waals surface area contributed by atoms with Gasteiger partial charge in [0.05, 0.1) is 16.8 Å². The maximum Gasteiger partial charge on any atom is 0.142 e. The van der Waals surface area contributed by atoms with Crippen LogP contribution in [0.3, 0.4) is 0 Å². The Morgan fingerprint density at radius 3 is 0.783 bits per heavy atom. The molecule has 16 saturated carbocycles. The summed E-state index contributed by atoms with van der Waals surface area (Å²) in [6.45, 7) is 0. The maximum atomic E-state index is 10.7. The number of fused-ring (bicyclic) bond motifs is 3. The summed E-state index contributed by atoms with van der Waals surface area (Å²) in [5.41, 5.74) is 29.0. The van der Waals surface area contributed by atoms with Gasteiger partial charge in [0.15, 0.2) is 0 Å². The van der Waals surface area contributed by atoms with E-state index in [-0.39, 0.29) is 33.2 Å². The Balaban J connectivity index is 0.894. The minimum atomic E-state index is -0.658. The molecule has 6 aromatic carbocycles. The molecule has 0 aliphatic heterocycles. The molecule has 0 atom stereocenters. The highest BCUT2D eigenvalue weighted by molar-refractivity contribution is 5.89. The molecule has 6 nitrogen and oxygen atoms in total. The predicted octanol–water partition coefficient (Wildman–Crippen LogP) is 18.1. The second-order valence-corrected chi connectivity index (χ2v) is 32.1. The zero-order valence-corrected chi connectivity index (χ0v) is 48.7. The quantitative estimate of drug-likeness (QED) is 0.0802. The van der Waals surface area contributed by atoms with Crippen molar-refractivity contribution in [3.63, 3.8) is 0 Å². The molecule has 0 aromatic heterocycles. The van der Waals surface area contributed by atoms with Gasteiger partial charge in [-0.25, -0.2) is 0 Å². The van der Waals surface area contributed by atoms with Gasteiger partial charge in [-0.1, -0.05) is 36.4 Å². The third kappa shape index (κ3) is 7.25. The molecule has 0 amide bonds. The van der Waals surface area contributed by atoms with Crippen molar-refractivity contribution in [2.45, 2.75) is 181 Å². The summed E-state index contributed by atoms with van der Waals surface area (Å²) >= 11 is 0. The van der Waals surface area contributed by atoms with E-state index < -0.39 is 5.41 Å². The van der Waals surface area contributed by atoms with Crippen molar-refractivity contribution in [2.75, 3.05) is 11.5 Å². The van der Waals surface area contributed by atoms with Gasteiger partial charge in [-0.15, -0.1) is 0 Å². The SMILES string of the molecule is Nc1ccc(Oc2ccc(C3(c4ccc(Oc5ccc(N)c(O)c5)cc4)c4cc(C56CC7CC(CC(C7)C5)C6)c(C56CC7CC(CC(C7)C5)C6)cc4-c4cc(C56CC7CC(CC(C7)C5)C6)c(C56CC7CC(CC(C7)C5)C6)cc43)cc2)cc1O. The van der Waals surface area contributed by atoms with Crippen molar-refractivity contribution in [2.24, 2.45) is 71.0 Å². The number of aromatic hydroxyl groups is 2. The van der Waals surface area contributed by atoms with Gasteiger partial charge in [0.1, 0.15) is 34.5 Å². The number of nitrogens with two attached hydrogens (primary N) is 2. The molecule has 426 valence electrons. The Kier molecular flexibility index (Phi) is 10.2. The van der Waals surface area contributed by atoms with Crippen molar-refractivity contribution >= 4 is 11.4 Å². The van der Waals surface area contributed by atoms with Gasteiger partial charge in [-0.05, 0) is 363 Å². The van der Waals surface area contributed by atoms with Gasteiger partial charge in [0.2, 0.25) is 0 Å². The normalized spacial score (nSPS) is 38.9. The lowest BCUT2D eigenvalue weighted by atomic mass is 9.44. The molecule has 16 bridgehead atoms. The summed E-state index contributed by atoms with van der Waals surface area (Å²) in [6.07, 6.45) is 34.0. The van der Waals surface area contributed by atoms with Crippen molar-refractivity contribution in [1.29, 1.82) is 0 Å². The monoisotopic (exact) mass is 1100 g/mol. The highest BCUT2D eigenvalue weighted by atomic mass is 16.5. The molecule has 6 heteroatoms. The maximum absolute atomic E-state index is 10.7. The smallest absolute Gasteiger partial charge is 0.142 e. The average molecular weight is 1100 g/mol. The largest absolute Gasteiger partial charge is 0.506 e. The minimum absolute atomic E-state index is 0.0309. The lowest BCUT2D eigenvalue weighted by Crippen LogP contribution is -2.52. The second kappa shape index (κ2) is 17.2. The van der Waals surface area contributed by atoms with Crippen molar-refractivity contribution in [3.8, 4) is 45.6 Å². The number of ether oxygens (including phenoxy) is 2. The van der Waals surface area contributed by atoms with Crippen LogP contribution in [-0.2, 0) is 27.1 Å². The number of hydrogen-bond donors (Lipinski definition) is 4. The van der Waals surface area contributed by atoms with Gasteiger partial charge >= 0.3 is 0 Å². The van der Waals surface area contributed by atoms with Gasteiger partial charge in [0, 0.05) is 12.1 Å². The zero-order chi connectivity index (χ0) is 54.9. The molecule has 17 aliphatic carbocycles. The molecule has 6 N–H and O–H groups in total. The number of anilines is 2. The number of hydrogen-bond acceptors (Lipinski definition) is 6. The molecule has 0 saturated heterocycles. The van der Waals surface area contributed by atoms with Crippen molar-refractivity contribution in [3.05, 3.63) is 154 Å². The predicted molar refractivity (Wildman–Crippen MR) is 328 cm³/mol. The lowest BCUT2D eigenvalue weighted by Gasteiger charge is -2.61. The summed E-state index contributed by atoms with van der Waals surface area (Å²) in [5.74, 6) is 12.9. The van der Waals surface area contributed by atoms with Gasteiger partial charge < -0.3 is 31.2 Å². The first-order valence-electron chi connectivity index (χ1n) is 33.5. The molecular formula is C77H84N2O4. The summed E-state index contributed by atoms with van der Waals surface area (Å²) < 4.78 is 13.2. The van der Waals surface area contributed by atoms with E-state index in [1.54, 1.807) is 35.4 Å². The topological polar surface area (TPSA) is 111 Å². The summed E-state index contributed by atoms with van der Waals surface area (Å²) in [6, 6.07) is 40.7. The Hall–Kier alpha value is -5.88. The molecule has 0 heterocycles. The standard InChI is InChI=1S/C77H84N2O4/c78-69-11-9-59(25-71(69)80)82-57-5-1-55(2-6-57)77(56-3-7-58(8-4-56)83-60-10-12-70(79)72(81)26-60)63-29-67(75-37-49-19-50(38-75)21-51(20-49)39-75)65(73-31-43-13-44(32-73)15-45(14-43)33-73)27-61(63)62-28-66(74-34-46-16-47(35-74)18-48(17-46)36-74)68(30-64(62)77)76-40-52-22-53(41-76)24-54(23-52)42-76/h1-12,25-30,43-54,80-81H,13-24,31-42,78-79H2. The number of phenolic OH excluding ortho intramolecular Hbond substituents is 2. The highest BCUT2D eigenvalue weighted by Gasteiger charge is 2.61. The molecule has 16 fully saturated rings. The molecule has 23 rings (SSSR count). The van der Waals surface area contributed by atoms with E-state index in [1.807, 2.05) is 23.3 Å². The Morgan fingerprint density at radius 2 is 0.530 bits per heavy atom. The lowest BCUT2D eigenvalue weighted by molar-refractivity contribution is -0.0174. The Morgan fingerprint density at radius 1 is 0.289 bits per heavy atom. The van der Waals surface area contributed by atoms with E-state index >= 15 is 0 Å².